The van der Waals surface area contributed by atoms with Crippen LogP contribution < -0.4 is 9.62 Å². The zero-order valence-electron chi connectivity index (χ0n) is 24.2. The van der Waals surface area contributed by atoms with Crippen LogP contribution >= 0.6 is 0 Å². The Morgan fingerprint density at radius 3 is 2.45 bits per heavy atom. The van der Waals surface area contributed by atoms with Crippen LogP contribution in [0.5, 0.6) is 0 Å². The van der Waals surface area contributed by atoms with Gasteiger partial charge in [0.1, 0.15) is 23.0 Å². The number of nitrogens with zero attached hydrogens (tertiary/aromatic N) is 3. The predicted octanol–water partition coefficient (Wildman–Crippen LogP) is 5.89. The molecule has 0 spiro atoms. The third kappa shape index (κ3) is 4.95. The average molecular weight is 608 g/mol. The molecule has 3 heterocycles. The molecule has 0 unspecified atom stereocenters. The Bertz CT molecular complexity index is 2260. The fourth-order valence-corrected chi connectivity index (χ4v) is 5.64. The number of H-pyrrole nitrogens is 1. The van der Waals surface area contributed by atoms with E-state index in [0.717, 1.165) is 21.6 Å². The number of aromatic nitrogens is 3. The van der Waals surface area contributed by atoms with Gasteiger partial charge in [-0.1, -0.05) is 5.92 Å². The van der Waals surface area contributed by atoms with Crippen LogP contribution in [0.25, 0.3) is 56.0 Å². The molecule has 44 heavy (non-hydrogen) atoms. The zero-order chi connectivity index (χ0) is 31.3. The lowest BCUT2D eigenvalue weighted by atomic mass is 9.95. The summed E-state index contributed by atoms with van der Waals surface area (Å²) in [7, 11) is -0.804. The third-order valence-corrected chi connectivity index (χ3v) is 8.68. The maximum atomic E-state index is 13.7. The van der Waals surface area contributed by atoms with Crippen LogP contribution in [0.1, 0.15) is 21.5 Å². The minimum absolute atomic E-state index is 0.215. The number of aryl methyl sites for hydroxylation is 1. The number of nitrogens with one attached hydrogen (secondary N) is 2. The van der Waals surface area contributed by atoms with Gasteiger partial charge < -0.3 is 14.7 Å². The maximum Gasteiger partial charge on any atom is 0.255 e. The summed E-state index contributed by atoms with van der Waals surface area (Å²) in [5.74, 6) is 2.56. The lowest BCUT2D eigenvalue weighted by Gasteiger charge is -2.21. The molecule has 0 aliphatic heterocycles. The van der Waals surface area contributed by atoms with Gasteiger partial charge in [-0.3, -0.25) is 9.10 Å². The van der Waals surface area contributed by atoms with Gasteiger partial charge >= 0.3 is 0 Å². The second-order valence-corrected chi connectivity index (χ2v) is 12.4. The molecule has 0 saturated heterocycles. The number of terminal acetylenes is 1. The molecule has 0 aliphatic carbocycles. The van der Waals surface area contributed by atoms with Crippen LogP contribution in [-0.4, -0.2) is 49.6 Å². The highest BCUT2D eigenvalue weighted by molar-refractivity contribution is 7.92. The topological polar surface area (TPSA) is 121 Å². The van der Waals surface area contributed by atoms with Crippen molar-refractivity contribution in [2.45, 2.75) is 6.92 Å². The number of halogens is 1. The Balaban J connectivity index is 1.65. The highest BCUT2D eigenvalue weighted by Gasteiger charge is 2.26. The smallest absolute Gasteiger partial charge is 0.255 e. The van der Waals surface area contributed by atoms with Crippen LogP contribution in [-0.2, 0) is 10.0 Å². The van der Waals surface area contributed by atoms with Gasteiger partial charge in [-0.15, -0.1) is 6.42 Å². The summed E-state index contributed by atoms with van der Waals surface area (Å²) in [6, 6.07) is 16.1. The first kappa shape index (κ1) is 28.6. The van der Waals surface area contributed by atoms with Gasteiger partial charge in [0.05, 0.1) is 23.0 Å². The van der Waals surface area contributed by atoms with E-state index in [1.54, 1.807) is 30.5 Å². The number of furan rings is 1. The number of carbonyl (C=O) groups excluding carboxylic acids is 1. The summed E-state index contributed by atoms with van der Waals surface area (Å²) >= 11 is 0. The van der Waals surface area contributed by atoms with Crippen molar-refractivity contribution in [3.63, 3.8) is 0 Å². The second-order valence-electron chi connectivity index (χ2n) is 10.3. The van der Waals surface area contributed by atoms with E-state index in [1.807, 2.05) is 19.1 Å². The van der Waals surface area contributed by atoms with Gasteiger partial charge in [-0.25, -0.2) is 22.8 Å². The lowest BCUT2D eigenvalue weighted by molar-refractivity contribution is 0.0964. The summed E-state index contributed by atoms with van der Waals surface area (Å²) in [4.78, 5) is 25.6. The second kappa shape index (κ2) is 10.7. The quantitative estimate of drug-likeness (QED) is 0.228. The summed E-state index contributed by atoms with van der Waals surface area (Å²) in [5, 5.41) is 3.07. The molecule has 0 aliphatic rings. The van der Waals surface area contributed by atoms with E-state index in [4.69, 9.17) is 10.8 Å². The SMILES string of the molecule is C#Cc1cc(-c2nc3nccc(C)c3[nH]2)cc(-c2cc3c(C(=O)NC)c(-c4ccc(F)cc4)oc3cc2N(C)S(C)(=O)=O)c1. The molecule has 6 aromatic rings. The van der Waals surface area contributed by atoms with Gasteiger partial charge in [0, 0.05) is 54.0 Å². The molecule has 3 aromatic heterocycles. The number of hydrogen-bond acceptors (Lipinski definition) is 6. The number of anilines is 1. The molecule has 9 nitrogen and oxygen atoms in total. The van der Waals surface area contributed by atoms with E-state index in [1.165, 1.54) is 38.4 Å². The fourth-order valence-electron chi connectivity index (χ4n) is 5.13. The van der Waals surface area contributed by atoms with Gasteiger partial charge in [0.15, 0.2) is 5.65 Å². The normalized spacial score (nSPS) is 11.5. The Kier molecular flexibility index (Phi) is 6.94. The Morgan fingerprint density at radius 2 is 1.80 bits per heavy atom. The molecule has 0 saturated carbocycles. The maximum absolute atomic E-state index is 13.7. The Hall–Kier alpha value is -5.47. The van der Waals surface area contributed by atoms with E-state index in [9.17, 15) is 17.6 Å². The number of sulfonamides is 1. The molecule has 3 aromatic carbocycles. The minimum atomic E-state index is -3.73. The lowest BCUT2D eigenvalue weighted by Crippen LogP contribution is -2.25. The molecule has 2 N–H and O–H groups in total. The van der Waals surface area contributed by atoms with Gasteiger partial charge in [0.25, 0.3) is 5.91 Å². The minimum Gasteiger partial charge on any atom is -0.455 e. The molecule has 0 radical (unpaired) electrons. The van der Waals surface area contributed by atoms with E-state index >= 15 is 0 Å². The molecular formula is C33H26FN5O4S. The first-order valence-electron chi connectivity index (χ1n) is 13.4. The fraction of sp³-hybridized carbons (Fsp3) is 0.121. The number of fused-ring (bicyclic) bond motifs is 2. The van der Waals surface area contributed by atoms with Crippen LogP contribution in [0.4, 0.5) is 10.1 Å². The standard InChI is InChI=1S/C33H26FN5O4S/c1-6-19-13-21(15-22(14-19)31-37-29-18(2)11-12-36-32(29)38-31)24-16-25-27(17-26(24)39(4)44(5,41)42)43-30(28(25)33(40)35-3)20-7-9-23(34)10-8-20/h1,7-17H,2-5H3,(H,35,40)(H,36,37,38). The highest BCUT2D eigenvalue weighted by Crippen LogP contribution is 2.42. The monoisotopic (exact) mass is 607 g/mol. The number of hydrogen-bond donors (Lipinski definition) is 2. The highest BCUT2D eigenvalue weighted by atomic mass is 32.2. The third-order valence-electron chi connectivity index (χ3n) is 7.49. The van der Waals surface area contributed by atoms with Crippen molar-refractivity contribution >= 4 is 43.8 Å². The average Bonchev–Trinajstić information content (AvgIpc) is 3.62. The summed E-state index contributed by atoms with van der Waals surface area (Å²) in [6.45, 7) is 1.95. The van der Waals surface area contributed by atoms with Crippen molar-refractivity contribution in [3.8, 4) is 46.2 Å². The van der Waals surface area contributed by atoms with Crippen molar-refractivity contribution in [3.05, 3.63) is 89.4 Å². The molecule has 6 rings (SSSR count). The van der Waals surface area contributed by atoms with Crippen LogP contribution in [0, 0.1) is 25.1 Å². The molecule has 0 fully saturated rings. The van der Waals surface area contributed by atoms with Gasteiger partial charge in [-0.05, 0) is 72.6 Å². The molecular weight excluding hydrogens is 581 g/mol. The number of aromatic amines is 1. The van der Waals surface area contributed by atoms with Gasteiger partial charge in [-0.2, -0.15) is 0 Å². The van der Waals surface area contributed by atoms with Crippen molar-refractivity contribution in [1.82, 2.24) is 20.3 Å². The number of amides is 1. The molecule has 0 atom stereocenters. The molecule has 11 heteroatoms. The predicted molar refractivity (Wildman–Crippen MR) is 169 cm³/mol. The molecule has 220 valence electrons. The van der Waals surface area contributed by atoms with E-state index in [2.05, 4.69) is 26.2 Å². The van der Waals surface area contributed by atoms with Gasteiger partial charge in [0.2, 0.25) is 10.0 Å². The molecule has 0 bridgehead atoms. The van der Waals surface area contributed by atoms with Crippen molar-refractivity contribution in [1.29, 1.82) is 0 Å². The first-order chi connectivity index (χ1) is 21.0. The van der Waals surface area contributed by atoms with Crippen LogP contribution in [0.15, 0.2) is 71.3 Å². The van der Waals surface area contributed by atoms with E-state index in [0.29, 0.717) is 50.4 Å². The molecule has 1 amide bonds. The summed E-state index contributed by atoms with van der Waals surface area (Å²) in [6.07, 6.45) is 8.64. The number of imidazole rings is 1. The summed E-state index contributed by atoms with van der Waals surface area (Å²) < 4.78 is 46.7. The van der Waals surface area contributed by atoms with Crippen LogP contribution in [0.2, 0.25) is 0 Å². The summed E-state index contributed by atoms with van der Waals surface area (Å²) in [5.41, 5.74) is 5.82. The zero-order valence-corrected chi connectivity index (χ0v) is 25.0. The van der Waals surface area contributed by atoms with Crippen molar-refractivity contribution in [2.75, 3.05) is 24.7 Å². The Morgan fingerprint density at radius 1 is 1.07 bits per heavy atom. The number of rotatable bonds is 6. The van der Waals surface area contributed by atoms with Crippen molar-refractivity contribution < 1.29 is 22.0 Å². The Labute approximate surface area is 252 Å². The number of benzene rings is 3. The van der Waals surface area contributed by atoms with Crippen molar-refractivity contribution in [2.24, 2.45) is 0 Å². The van der Waals surface area contributed by atoms with E-state index < -0.39 is 21.7 Å². The van der Waals surface area contributed by atoms with E-state index in [-0.39, 0.29) is 16.9 Å². The van der Waals surface area contributed by atoms with Crippen LogP contribution in [0.3, 0.4) is 0 Å². The first-order valence-corrected chi connectivity index (χ1v) is 15.3. The largest absolute Gasteiger partial charge is 0.455 e. The number of carbonyl (C=O) groups is 1. The number of pyridine rings is 1.